The van der Waals surface area contributed by atoms with Crippen LogP contribution in [0, 0.1) is 5.82 Å². The summed E-state index contributed by atoms with van der Waals surface area (Å²) in [6.07, 6.45) is 0. The van der Waals surface area contributed by atoms with E-state index in [-0.39, 0.29) is 23.0 Å². The van der Waals surface area contributed by atoms with Gasteiger partial charge in [0.05, 0.1) is 17.7 Å². The molecule has 0 unspecified atom stereocenters. The number of sulfonamides is 1. The van der Waals surface area contributed by atoms with E-state index in [1.165, 1.54) is 12.0 Å². The number of anilines is 1. The quantitative estimate of drug-likeness (QED) is 0.401. The summed E-state index contributed by atoms with van der Waals surface area (Å²) >= 11 is 0. The molecule has 0 bridgehead atoms. The summed E-state index contributed by atoms with van der Waals surface area (Å²) in [5.41, 5.74) is 0.409. The molecule has 10 heteroatoms. The standard InChI is InChI=1S/C29H34FN3O5S/c1-21(28(35)31-29(2,3)4)32(19-22-10-9-13-25(18-22)38-5)27(34)20-33(24-11-7-6-8-12-24)39(36,37)26-16-14-23(30)15-17-26/h6-18,21H,19-20H2,1-5H3,(H,31,35)/t21-/m1/s1. The summed E-state index contributed by atoms with van der Waals surface area (Å²) < 4.78 is 47.2. The predicted octanol–water partition coefficient (Wildman–Crippen LogP) is 4.36. The van der Waals surface area contributed by atoms with E-state index in [0.29, 0.717) is 11.3 Å². The zero-order chi connectivity index (χ0) is 28.8. The fourth-order valence-electron chi connectivity index (χ4n) is 3.88. The lowest BCUT2D eigenvalue weighted by Crippen LogP contribution is -2.54. The SMILES string of the molecule is COc1cccc(CN(C(=O)CN(c2ccccc2)S(=O)(=O)c2ccc(F)cc2)[C@H](C)C(=O)NC(C)(C)C)c1. The van der Waals surface area contributed by atoms with E-state index in [4.69, 9.17) is 4.74 Å². The number of amides is 2. The monoisotopic (exact) mass is 555 g/mol. The molecular weight excluding hydrogens is 521 g/mol. The number of rotatable bonds is 10. The molecule has 0 radical (unpaired) electrons. The van der Waals surface area contributed by atoms with Crippen LogP contribution >= 0.6 is 0 Å². The number of hydrogen-bond donors (Lipinski definition) is 1. The number of carbonyl (C=O) groups excluding carboxylic acids is 2. The van der Waals surface area contributed by atoms with E-state index in [1.54, 1.807) is 61.5 Å². The van der Waals surface area contributed by atoms with Gasteiger partial charge in [0, 0.05) is 12.1 Å². The summed E-state index contributed by atoms with van der Waals surface area (Å²) in [6, 6.07) is 18.7. The van der Waals surface area contributed by atoms with E-state index < -0.39 is 39.9 Å². The number of halogens is 1. The van der Waals surface area contributed by atoms with Crippen LogP contribution in [0.3, 0.4) is 0 Å². The van der Waals surface area contributed by atoms with Crippen LogP contribution in [-0.2, 0) is 26.2 Å². The van der Waals surface area contributed by atoms with Crippen LogP contribution in [-0.4, -0.2) is 50.4 Å². The van der Waals surface area contributed by atoms with Gasteiger partial charge in [-0.25, -0.2) is 12.8 Å². The van der Waals surface area contributed by atoms with Crippen LogP contribution < -0.4 is 14.4 Å². The smallest absolute Gasteiger partial charge is 0.264 e. The number of nitrogens with one attached hydrogen (secondary N) is 1. The number of nitrogens with zero attached hydrogens (tertiary/aromatic N) is 2. The molecule has 0 aliphatic carbocycles. The van der Waals surface area contributed by atoms with E-state index in [2.05, 4.69) is 5.32 Å². The molecule has 3 aromatic rings. The molecule has 39 heavy (non-hydrogen) atoms. The van der Waals surface area contributed by atoms with Crippen molar-refractivity contribution < 1.29 is 27.1 Å². The Morgan fingerprint density at radius 3 is 2.21 bits per heavy atom. The van der Waals surface area contributed by atoms with Gasteiger partial charge in [-0.15, -0.1) is 0 Å². The van der Waals surface area contributed by atoms with E-state index >= 15 is 0 Å². The Morgan fingerprint density at radius 2 is 1.62 bits per heavy atom. The fraction of sp³-hybridized carbons (Fsp3) is 0.310. The zero-order valence-corrected chi connectivity index (χ0v) is 23.5. The molecule has 1 atom stereocenters. The zero-order valence-electron chi connectivity index (χ0n) is 22.7. The molecule has 0 aliphatic heterocycles. The van der Waals surface area contributed by atoms with Crippen molar-refractivity contribution in [2.24, 2.45) is 0 Å². The van der Waals surface area contributed by atoms with Crippen molar-refractivity contribution in [3.05, 3.63) is 90.2 Å². The molecule has 208 valence electrons. The van der Waals surface area contributed by atoms with E-state index in [9.17, 15) is 22.4 Å². The first kappa shape index (κ1) is 29.6. The van der Waals surface area contributed by atoms with Crippen molar-refractivity contribution in [3.8, 4) is 5.75 Å². The Labute approximate surface area is 229 Å². The van der Waals surface area contributed by atoms with Crippen LogP contribution in [0.15, 0.2) is 83.8 Å². The van der Waals surface area contributed by atoms with Gasteiger partial charge in [0.2, 0.25) is 11.8 Å². The number of para-hydroxylation sites is 1. The third-order valence-electron chi connectivity index (χ3n) is 5.88. The number of methoxy groups -OCH3 is 1. The van der Waals surface area contributed by atoms with Gasteiger partial charge in [0.1, 0.15) is 24.2 Å². The average Bonchev–Trinajstić information content (AvgIpc) is 2.89. The minimum Gasteiger partial charge on any atom is -0.497 e. The van der Waals surface area contributed by atoms with Crippen LogP contribution in [0.4, 0.5) is 10.1 Å². The van der Waals surface area contributed by atoms with Gasteiger partial charge in [-0.05, 0) is 81.8 Å². The maximum absolute atomic E-state index is 13.9. The molecule has 0 aliphatic rings. The minimum atomic E-state index is -4.26. The summed E-state index contributed by atoms with van der Waals surface area (Å²) in [5, 5.41) is 2.88. The lowest BCUT2D eigenvalue weighted by Gasteiger charge is -2.33. The third kappa shape index (κ3) is 7.79. The molecule has 0 saturated carbocycles. The molecular formula is C29H34FN3O5S. The van der Waals surface area contributed by atoms with Gasteiger partial charge in [0.15, 0.2) is 0 Å². The molecule has 0 heterocycles. The number of hydrogen-bond acceptors (Lipinski definition) is 5. The second-order valence-corrected chi connectivity index (χ2v) is 12.0. The summed E-state index contributed by atoms with van der Waals surface area (Å²) in [7, 11) is -2.73. The fourth-order valence-corrected chi connectivity index (χ4v) is 5.30. The topological polar surface area (TPSA) is 96.0 Å². The molecule has 0 aromatic heterocycles. The molecule has 0 saturated heterocycles. The van der Waals surface area contributed by atoms with Gasteiger partial charge >= 0.3 is 0 Å². The average molecular weight is 556 g/mol. The molecule has 0 fully saturated rings. The predicted molar refractivity (Wildman–Crippen MR) is 148 cm³/mol. The van der Waals surface area contributed by atoms with Crippen molar-refractivity contribution in [2.75, 3.05) is 18.0 Å². The van der Waals surface area contributed by atoms with Crippen LogP contribution in [0.2, 0.25) is 0 Å². The molecule has 3 rings (SSSR count). The maximum Gasteiger partial charge on any atom is 0.264 e. The van der Waals surface area contributed by atoms with Crippen molar-refractivity contribution in [2.45, 2.75) is 50.7 Å². The highest BCUT2D eigenvalue weighted by Gasteiger charge is 2.33. The van der Waals surface area contributed by atoms with Gasteiger partial charge in [0.25, 0.3) is 10.0 Å². The summed E-state index contributed by atoms with van der Waals surface area (Å²) in [5.74, 6) is -0.980. The molecule has 1 N–H and O–H groups in total. The number of ether oxygens (including phenoxy) is 1. The molecule has 0 spiro atoms. The maximum atomic E-state index is 13.9. The van der Waals surface area contributed by atoms with Gasteiger partial charge in [-0.2, -0.15) is 0 Å². The lowest BCUT2D eigenvalue weighted by atomic mass is 10.1. The van der Waals surface area contributed by atoms with Crippen LogP contribution in [0.5, 0.6) is 5.75 Å². The molecule has 3 aromatic carbocycles. The van der Waals surface area contributed by atoms with Gasteiger partial charge in [-0.3, -0.25) is 13.9 Å². The van der Waals surface area contributed by atoms with Crippen molar-refractivity contribution >= 4 is 27.5 Å². The Hall–Kier alpha value is -3.92. The largest absolute Gasteiger partial charge is 0.497 e. The van der Waals surface area contributed by atoms with Crippen LogP contribution in [0.25, 0.3) is 0 Å². The Bertz CT molecular complexity index is 1390. The lowest BCUT2D eigenvalue weighted by molar-refractivity contribution is -0.140. The van der Waals surface area contributed by atoms with Crippen molar-refractivity contribution in [1.29, 1.82) is 0 Å². The first-order valence-corrected chi connectivity index (χ1v) is 13.8. The second kappa shape index (κ2) is 12.3. The van der Waals surface area contributed by atoms with Crippen molar-refractivity contribution in [1.82, 2.24) is 10.2 Å². The second-order valence-electron chi connectivity index (χ2n) is 10.1. The third-order valence-corrected chi connectivity index (χ3v) is 7.67. The van der Waals surface area contributed by atoms with Crippen molar-refractivity contribution in [3.63, 3.8) is 0 Å². The highest BCUT2D eigenvalue weighted by molar-refractivity contribution is 7.92. The molecule has 2 amide bonds. The minimum absolute atomic E-state index is 0.0357. The van der Waals surface area contributed by atoms with Crippen LogP contribution in [0.1, 0.15) is 33.3 Å². The van der Waals surface area contributed by atoms with Gasteiger partial charge < -0.3 is 15.0 Å². The Balaban J connectivity index is 2.02. The first-order chi connectivity index (χ1) is 18.3. The highest BCUT2D eigenvalue weighted by Crippen LogP contribution is 2.25. The Kier molecular flexibility index (Phi) is 9.34. The number of carbonyl (C=O) groups is 2. The number of benzene rings is 3. The summed E-state index contributed by atoms with van der Waals surface area (Å²) in [6.45, 7) is 6.55. The van der Waals surface area contributed by atoms with E-state index in [1.807, 2.05) is 20.8 Å². The highest BCUT2D eigenvalue weighted by atomic mass is 32.2. The van der Waals surface area contributed by atoms with E-state index in [0.717, 1.165) is 28.6 Å². The Morgan fingerprint density at radius 1 is 0.974 bits per heavy atom. The summed E-state index contributed by atoms with van der Waals surface area (Å²) in [4.78, 5) is 28.2. The molecule has 8 nitrogen and oxygen atoms in total. The first-order valence-electron chi connectivity index (χ1n) is 12.4. The normalized spacial score (nSPS) is 12.4. The van der Waals surface area contributed by atoms with Gasteiger partial charge in [-0.1, -0.05) is 30.3 Å².